The first-order valence-corrected chi connectivity index (χ1v) is 5.77. The predicted molar refractivity (Wildman–Crippen MR) is 67.6 cm³/mol. The molecule has 0 N–H and O–H groups in total. The lowest BCUT2D eigenvalue weighted by Gasteiger charge is -2.11. The van der Waals surface area contributed by atoms with Gasteiger partial charge in [0.25, 0.3) is 0 Å². The number of hydrogen-bond acceptors (Lipinski definition) is 2. The highest BCUT2D eigenvalue weighted by Crippen LogP contribution is 2.34. The normalized spacial score (nSPS) is 10.8. The molecule has 16 heavy (non-hydrogen) atoms. The molecular weight excluding hydrogens is 245 g/mol. The molecule has 2 nitrogen and oxygen atoms in total. The Labute approximate surface area is 104 Å². The van der Waals surface area contributed by atoms with E-state index in [1.54, 1.807) is 7.11 Å². The number of benzene rings is 1. The van der Waals surface area contributed by atoms with Crippen LogP contribution in [0.4, 0.5) is 0 Å². The van der Waals surface area contributed by atoms with Crippen molar-refractivity contribution >= 4 is 34.1 Å². The van der Waals surface area contributed by atoms with Crippen LogP contribution in [-0.2, 0) is 5.88 Å². The minimum atomic E-state index is 0.353. The molecule has 0 amide bonds. The van der Waals surface area contributed by atoms with Crippen molar-refractivity contribution in [1.29, 1.82) is 0 Å². The monoisotopic (exact) mass is 255 g/mol. The Morgan fingerprint density at radius 3 is 2.75 bits per heavy atom. The highest BCUT2D eigenvalue weighted by atomic mass is 35.5. The van der Waals surface area contributed by atoms with Crippen LogP contribution in [0.1, 0.15) is 11.1 Å². The Bertz CT molecular complexity index is 540. The number of rotatable bonds is 2. The standard InChI is InChI=1S/C12H11Cl2NO/c1-7-3-4-10-8(5-7)9(6-13)11(16-2)12(14)15-10/h3-5H,6H2,1-2H3. The molecule has 2 aromatic rings. The van der Waals surface area contributed by atoms with Crippen LogP contribution in [0, 0.1) is 6.92 Å². The van der Waals surface area contributed by atoms with Gasteiger partial charge in [0.2, 0.25) is 0 Å². The van der Waals surface area contributed by atoms with Gasteiger partial charge in [0.05, 0.1) is 18.5 Å². The van der Waals surface area contributed by atoms with Crippen molar-refractivity contribution in [2.24, 2.45) is 0 Å². The average Bonchev–Trinajstić information content (AvgIpc) is 2.28. The smallest absolute Gasteiger partial charge is 0.172 e. The molecule has 0 atom stereocenters. The molecule has 2 rings (SSSR count). The van der Waals surface area contributed by atoms with Gasteiger partial charge in [-0.15, -0.1) is 11.6 Å². The lowest BCUT2D eigenvalue weighted by Crippen LogP contribution is -1.95. The zero-order valence-corrected chi connectivity index (χ0v) is 10.6. The third-order valence-corrected chi connectivity index (χ3v) is 3.02. The molecule has 0 spiro atoms. The number of ether oxygens (including phenoxy) is 1. The summed E-state index contributed by atoms with van der Waals surface area (Å²) >= 11 is 12.0. The van der Waals surface area contributed by atoms with E-state index >= 15 is 0 Å². The number of methoxy groups -OCH3 is 1. The molecule has 0 aliphatic heterocycles. The van der Waals surface area contributed by atoms with Crippen molar-refractivity contribution in [3.8, 4) is 5.75 Å². The van der Waals surface area contributed by atoms with Crippen molar-refractivity contribution in [2.45, 2.75) is 12.8 Å². The number of aryl methyl sites for hydroxylation is 1. The van der Waals surface area contributed by atoms with Crippen LogP contribution in [0.15, 0.2) is 18.2 Å². The predicted octanol–water partition coefficient (Wildman–Crippen LogP) is 3.94. The summed E-state index contributed by atoms with van der Waals surface area (Å²) in [5.74, 6) is 0.917. The van der Waals surface area contributed by atoms with Crippen molar-refractivity contribution in [3.63, 3.8) is 0 Å². The number of nitrogens with zero attached hydrogens (tertiary/aromatic N) is 1. The number of fused-ring (bicyclic) bond motifs is 1. The van der Waals surface area contributed by atoms with Crippen LogP contribution < -0.4 is 4.74 Å². The fourth-order valence-corrected chi connectivity index (χ4v) is 2.28. The van der Waals surface area contributed by atoms with Crippen molar-refractivity contribution in [2.75, 3.05) is 7.11 Å². The van der Waals surface area contributed by atoms with Crippen LogP contribution in [0.2, 0.25) is 5.15 Å². The zero-order chi connectivity index (χ0) is 11.7. The van der Waals surface area contributed by atoms with Crippen LogP contribution >= 0.6 is 23.2 Å². The molecule has 0 bridgehead atoms. The van der Waals surface area contributed by atoms with E-state index in [4.69, 9.17) is 27.9 Å². The van der Waals surface area contributed by atoms with Crippen LogP contribution in [-0.4, -0.2) is 12.1 Å². The van der Waals surface area contributed by atoms with Gasteiger partial charge in [-0.3, -0.25) is 0 Å². The zero-order valence-electron chi connectivity index (χ0n) is 9.05. The molecule has 4 heteroatoms. The fourth-order valence-electron chi connectivity index (χ4n) is 1.73. The second-order valence-corrected chi connectivity index (χ2v) is 4.19. The molecule has 1 aromatic carbocycles. The van der Waals surface area contributed by atoms with E-state index in [1.165, 1.54) is 0 Å². The van der Waals surface area contributed by atoms with Crippen LogP contribution in [0.25, 0.3) is 10.9 Å². The van der Waals surface area contributed by atoms with E-state index in [2.05, 4.69) is 4.98 Å². The third kappa shape index (κ3) is 1.83. The minimum absolute atomic E-state index is 0.353. The third-order valence-electron chi connectivity index (χ3n) is 2.49. The minimum Gasteiger partial charge on any atom is -0.493 e. The number of pyridine rings is 1. The Morgan fingerprint density at radius 1 is 1.38 bits per heavy atom. The van der Waals surface area contributed by atoms with Gasteiger partial charge in [-0.05, 0) is 19.1 Å². The van der Waals surface area contributed by atoms with E-state index < -0.39 is 0 Å². The largest absolute Gasteiger partial charge is 0.493 e. The van der Waals surface area contributed by atoms with Gasteiger partial charge in [-0.1, -0.05) is 23.2 Å². The topological polar surface area (TPSA) is 22.1 Å². The molecule has 0 aliphatic rings. The first kappa shape index (κ1) is 11.5. The Balaban J connectivity index is 2.86. The quantitative estimate of drug-likeness (QED) is 0.599. The molecule has 0 saturated heterocycles. The molecule has 1 heterocycles. The van der Waals surface area contributed by atoms with Crippen molar-refractivity contribution in [3.05, 3.63) is 34.5 Å². The van der Waals surface area contributed by atoms with Gasteiger partial charge in [-0.2, -0.15) is 0 Å². The summed E-state index contributed by atoms with van der Waals surface area (Å²) in [5, 5.41) is 1.35. The average molecular weight is 256 g/mol. The first-order chi connectivity index (χ1) is 7.67. The maximum absolute atomic E-state index is 6.03. The van der Waals surface area contributed by atoms with Gasteiger partial charge in [-0.25, -0.2) is 4.98 Å². The molecule has 84 valence electrons. The molecule has 0 saturated carbocycles. The first-order valence-electron chi connectivity index (χ1n) is 4.86. The SMILES string of the molecule is COc1c(Cl)nc2ccc(C)cc2c1CCl. The lowest BCUT2D eigenvalue weighted by atomic mass is 10.1. The van der Waals surface area contributed by atoms with E-state index in [0.29, 0.717) is 16.8 Å². The van der Waals surface area contributed by atoms with E-state index in [1.807, 2.05) is 25.1 Å². The van der Waals surface area contributed by atoms with Crippen LogP contribution in [0.3, 0.4) is 0 Å². The lowest BCUT2D eigenvalue weighted by molar-refractivity contribution is 0.410. The summed E-state index contributed by atoms with van der Waals surface area (Å²) in [4.78, 5) is 4.28. The molecule has 0 aliphatic carbocycles. The Hall–Kier alpha value is -0.990. The summed E-state index contributed by atoms with van der Waals surface area (Å²) in [6.07, 6.45) is 0. The summed E-state index contributed by atoms with van der Waals surface area (Å²) in [6.45, 7) is 2.03. The number of halogens is 2. The maximum Gasteiger partial charge on any atom is 0.172 e. The second kappa shape index (κ2) is 4.48. The molecule has 1 aromatic heterocycles. The Morgan fingerprint density at radius 2 is 2.12 bits per heavy atom. The molecule has 0 unspecified atom stereocenters. The summed E-state index contributed by atoms with van der Waals surface area (Å²) in [6, 6.07) is 5.97. The number of hydrogen-bond donors (Lipinski definition) is 0. The summed E-state index contributed by atoms with van der Waals surface area (Å²) in [7, 11) is 1.57. The number of aromatic nitrogens is 1. The molecule has 0 radical (unpaired) electrons. The summed E-state index contributed by atoms with van der Waals surface area (Å²) < 4.78 is 5.24. The van der Waals surface area contributed by atoms with Crippen molar-refractivity contribution < 1.29 is 4.74 Å². The molecular formula is C12H11Cl2NO. The highest BCUT2D eigenvalue weighted by Gasteiger charge is 2.13. The van der Waals surface area contributed by atoms with E-state index in [9.17, 15) is 0 Å². The summed E-state index contributed by atoms with van der Waals surface area (Å²) in [5.41, 5.74) is 2.89. The van der Waals surface area contributed by atoms with Gasteiger partial charge in [0.15, 0.2) is 10.9 Å². The number of alkyl halides is 1. The van der Waals surface area contributed by atoms with Gasteiger partial charge in [0, 0.05) is 10.9 Å². The van der Waals surface area contributed by atoms with Gasteiger partial charge < -0.3 is 4.74 Å². The Kier molecular flexibility index (Phi) is 3.22. The molecule has 0 fully saturated rings. The van der Waals surface area contributed by atoms with E-state index in [-0.39, 0.29) is 0 Å². The van der Waals surface area contributed by atoms with Crippen molar-refractivity contribution in [1.82, 2.24) is 4.98 Å². The van der Waals surface area contributed by atoms with Gasteiger partial charge >= 0.3 is 0 Å². The fraction of sp³-hybridized carbons (Fsp3) is 0.250. The second-order valence-electron chi connectivity index (χ2n) is 3.57. The van der Waals surface area contributed by atoms with Gasteiger partial charge in [0.1, 0.15) is 0 Å². The van der Waals surface area contributed by atoms with E-state index in [0.717, 1.165) is 22.0 Å². The maximum atomic E-state index is 6.03. The van der Waals surface area contributed by atoms with Crippen LogP contribution in [0.5, 0.6) is 5.75 Å². The highest BCUT2D eigenvalue weighted by molar-refractivity contribution is 6.31.